The second-order valence-corrected chi connectivity index (χ2v) is 4.09. The predicted molar refractivity (Wildman–Crippen MR) is 56.5 cm³/mol. The van der Waals surface area contributed by atoms with Gasteiger partial charge < -0.3 is 9.84 Å². The summed E-state index contributed by atoms with van der Waals surface area (Å²) >= 11 is 1.66. The van der Waals surface area contributed by atoms with Gasteiger partial charge in [0.05, 0.1) is 5.51 Å². The van der Waals surface area contributed by atoms with Crippen LogP contribution in [-0.4, -0.2) is 21.7 Å². The minimum atomic E-state index is 0.324. The first kappa shape index (κ1) is 10.3. The largest absolute Gasteiger partial charge is 0.343 e. The van der Waals surface area contributed by atoms with Gasteiger partial charge in [0.1, 0.15) is 0 Å². The van der Waals surface area contributed by atoms with E-state index in [0.29, 0.717) is 6.04 Å². The molecule has 1 N–H and O–H groups in total. The third-order valence-corrected chi connectivity index (χ3v) is 3.04. The van der Waals surface area contributed by atoms with Crippen LogP contribution in [0.3, 0.4) is 0 Å². The standard InChI is InChI=1S/C9H12N4OS/c1-7(8-4-10-6-15-8)11-3-2-9-12-5-14-13-9/h4-7,11H,2-3H2,1H3. The molecule has 15 heavy (non-hydrogen) atoms. The van der Waals surface area contributed by atoms with Crippen molar-refractivity contribution in [3.8, 4) is 0 Å². The van der Waals surface area contributed by atoms with Crippen molar-refractivity contribution in [3.63, 3.8) is 0 Å². The summed E-state index contributed by atoms with van der Waals surface area (Å²) in [6, 6.07) is 0.324. The van der Waals surface area contributed by atoms with Gasteiger partial charge in [0.2, 0.25) is 6.39 Å². The van der Waals surface area contributed by atoms with Gasteiger partial charge in [0, 0.05) is 30.1 Å². The van der Waals surface area contributed by atoms with E-state index in [1.54, 1.807) is 11.3 Å². The summed E-state index contributed by atoms with van der Waals surface area (Å²) in [5.41, 5.74) is 1.84. The number of nitrogens with zero attached hydrogens (tertiary/aromatic N) is 3. The highest BCUT2D eigenvalue weighted by Crippen LogP contribution is 2.15. The van der Waals surface area contributed by atoms with Crippen molar-refractivity contribution in [2.45, 2.75) is 19.4 Å². The molecule has 2 heterocycles. The molecule has 5 nitrogen and oxygen atoms in total. The minimum Gasteiger partial charge on any atom is -0.343 e. The van der Waals surface area contributed by atoms with Gasteiger partial charge in [0.25, 0.3) is 0 Å². The van der Waals surface area contributed by atoms with Gasteiger partial charge in [-0.25, -0.2) is 0 Å². The Bertz CT molecular complexity index is 373. The van der Waals surface area contributed by atoms with Crippen molar-refractivity contribution in [2.75, 3.05) is 6.54 Å². The Balaban J connectivity index is 1.74. The molecule has 1 atom stereocenters. The predicted octanol–water partition coefficient (Wildman–Crippen LogP) is 1.42. The van der Waals surface area contributed by atoms with E-state index < -0.39 is 0 Å². The van der Waals surface area contributed by atoms with E-state index in [2.05, 4.69) is 31.9 Å². The molecule has 0 fully saturated rings. The third-order valence-electron chi connectivity index (χ3n) is 2.08. The maximum Gasteiger partial charge on any atom is 0.213 e. The van der Waals surface area contributed by atoms with E-state index >= 15 is 0 Å². The van der Waals surface area contributed by atoms with Crippen molar-refractivity contribution in [3.05, 3.63) is 28.8 Å². The average Bonchev–Trinajstić information content (AvgIpc) is 2.90. The third kappa shape index (κ3) is 2.84. The zero-order chi connectivity index (χ0) is 10.5. The quantitative estimate of drug-likeness (QED) is 0.832. The van der Waals surface area contributed by atoms with Gasteiger partial charge in [-0.3, -0.25) is 4.98 Å². The smallest absolute Gasteiger partial charge is 0.213 e. The second kappa shape index (κ2) is 4.99. The number of hydrogen-bond donors (Lipinski definition) is 1. The molecule has 0 aromatic carbocycles. The molecule has 0 saturated carbocycles. The van der Waals surface area contributed by atoms with E-state index in [4.69, 9.17) is 0 Å². The number of hydrogen-bond acceptors (Lipinski definition) is 6. The minimum absolute atomic E-state index is 0.324. The van der Waals surface area contributed by atoms with Crippen molar-refractivity contribution in [1.29, 1.82) is 0 Å². The first-order valence-electron chi connectivity index (χ1n) is 4.73. The monoisotopic (exact) mass is 224 g/mol. The molecule has 2 aromatic rings. The summed E-state index contributed by atoms with van der Waals surface area (Å²) in [7, 11) is 0. The molecule has 0 radical (unpaired) electrons. The molecule has 2 rings (SSSR count). The summed E-state index contributed by atoms with van der Waals surface area (Å²) in [4.78, 5) is 9.23. The molecule has 2 aromatic heterocycles. The maximum atomic E-state index is 4.65. The van der Waals surface area contributed by atoms with Crippen LogP contribution < -0.4 is 5.32 Å². The lowest BCUT2D eigenvalue weighted by molar-refractivity contribution is 0.408. The highest BCUT2D eigenvalue weighted by molar-refractivity contribution is 7.09. The van der Waals surface area contributed by atoms with Crippen LogP contribution in [0, 0.1) is 0 Å². The van der Waals surface area contributed by atoms with Gasteiger partial charge >= 0.3 is 0 Å². The Labute approximate surface area is 91.5 Å². The lowest BCUT2D eigenvalue weighted by Crippen LogP contribution is -2.20. The molecular formula is C9H12N4OS. The summed E-state index contributed by atoms with van der Waals surface area (Å²) in [6.07, 6.45) is 4.01. The maximum absolute atomic E-state index is 4.65. The van der Waals surface area contributed by atoms with Crippen molar-refractivity contribution in [2.24, 2.45) is 0 Å². The Morgan fingerprint density at radius 3 is 3.20 bits per heavy atom. The zero-order valence-electron chi connectivity index (χ0n) is 8.38. The molecule has 0 aliphatic heterocycles. The fraction of sp³-hybridized carbons (Fsp3) is 0.444. The average molecular weight is 224 g/mol. The van der Waals surface area contributed by atoms with Crippen LogP contribution in [0.1, 0.15) is 23.7 Å². The number of thiazole rings is 1. The van der Waals surface area contributed by atoms with Gasteiger partial charge in [-0.2, -0.15) is 4.98 Å². The van der Waals surface area contributed by atoms with Gasteiger partial charge in [-0.1, -0.05) is 5.16 Å². The molecule has 0 amide bonds. The Morgan fingerprint density at radius 2 is 2.53 bits per heavy atom. The normalized spacial score (nSPS) is 12.9. The molecule has 80 valence electrons. The van der Waals surface area contributed by atoms with Crippen molar-refractivity contribution < 1.29 is 4.52 Å². The van der Waals surface area contributed by atoms with Crippen LogP contribution >= 0.6 is 11.3 Å². The van der Waals surface area contributed by atoms with Gasteiger partial charge in [-0.05, 0) is 6.92 Å². The van der Waals surface area contributed by atoms with Crippen LogP contribution in [0.2, 0.25) is 0 Å². The topological polar surface area (TPSA) is 63.8 Å². The summed E-state index contributed by atoms with van der Waals surface area (Å²) < 4.78 is 4.65. The van der Waals surface area contributed by atoms with Gasteiger partial charge in [0.15, 0.2) is 5.82 Å². The van der Waals surface area contributed by atoms with Crippen molar-refractivity contribution >= 4 is 11.3 Å². The summed E-state index contributed by atoms with van der Waals surface area (Å²) in [5, 5.41) is 7.11. The van der Waals surface area contributed by atoms with Crippen LogP contribution in [0.5, 0.6) is 0 Å². The summed E-state index contributed by atoms with van der Waals surface area (Å²) in [6.45, 7) is 2.95. The SMILES string of the molecule is CC(NCCc1ncon1)c1cncs1. The van der Waals surface area contributed by atoms with Gasteiger partial charge in [-0.15, -0.1) is 11.3 Å². The molecule has 1 unspecified atom stereocenters. The molecule has 0 bridgehead atoms. The Morgan fingerprint density at radius 1 is 1.60 bits per heavy atom. The van der Waals surface area contributed by atoms with E-state index in [9.17, 15) is 0 Å². The highest BCUT2D eigenvalue weighted by atomic mass is 32.1. The number of nitrogens with one attached hydrogen (secondary N) is 1. The second-order valence-electron chi connectivity index (χ2n) is 3.18. The van der Waals surface area contributed by atoms with Crippen LogP contribution in [0.25, 0.3) is 0 Å². The molecular weight excluding hydrogens is 212 g/mol. The summed E-state index contributed by atoms with van der Waals surface area (Å²) in [5.74, 6) is 0.735. The van der Waals surface area contributed by atoms with E-state index in [-0.39, 0.29) is 0 Å². The zero-order valence-corrected chi connectivity index (χ0v) is 9.20. The lowest BCUT2D eigenvalue weighted by atomic mass is 10.3. The highest BCUT2D eigenvalue weighted by Gasteiger charge is 2.06. The number of rotatable bonds is 5. The molecule has 0 aliphatic carbocycles. The first-order valence-corrected chi connectivity index (χ1v) is 5.61. The molecule has 0 aliphatic rings. The van der Waals surface area contributed by atoms with E-state index in [1.807, 2.05) is 11.7 Å². The van der Waals surface area contributed by atoms with Crippen LogP contribution in [0.4, 0.5) is 0 Å². The van der Waals surface area contributed by atoms with E-state index in [0.717, 1.165) is 18.8 Å². The molecule has 6 heteroatoms. The molecule has 0 saturated heterocycles. The Hall–Kier alpha value is -1.27. The number of aromatic nitrogens is 3. The Kier molecular flexibility index (Phi) is 3.41. The van der Waals surface area contributed by atoms with E-state index in [1.165, 1.54) is 11.3 Å². The van der Waals surface area contributed by atoms with Crippen LogP contribution in [0.15, 0.2) is 22.6 Å². The van der Waals surface area contributed by atoms with Crippen molar-refractivity contribution in [1.82, 2.24) is 20.4 Å². The molecule has 0 spiro atoms. The first-order chi connectivity index (χ1) is 7.36. The fourth-order valence-electron chi connectivity index (χ4n) is 1.24. The lowest BCUT2D eigenvalue weighted by Gasteiger charge is -2.09. The fourth-order valence-corrected chi connectivity index (χ4v) is 1.90. The van der Waals surface area contributed by atoms with Crippen LogP contribution in [-0.2, 0) is 6.42 Å².